The molecule has 1 aliphatic heterocycles. The van der Waals surface area contributed by atoms with E-state index in [1.807, 2.05) is 24.3 Å². The predicted molar refractivity (Wildman–Crippen MR) is 107 cm³/mol. The summed E-state index contributed by atoms with van der Waals surface area (Å²) in [7, 11) is 0. The Bertz CT molecular complexity index is 935. The van der Waals surface area contributed by atoms with Gasteiger partial charge in [0.15, 0.2) is 0 Å². The minimum Gasteiger partial charge on any atom is -0.367 e. The number of carbonyl (C=O) groups excluding carboxylic acids is 1. The van der Waals surface area contributed by atoms with E-state index in [2.05, 4.69) is 34.5 Å². The third-order valence-corrected chi connectivity index (χ3v) is 4.90. The summed E-state index contributed by atoms with van der Waals surface area (Å²) >= 11 is 0. The van der Waals surface area contributed by atoms with Crippen molar-refractivity contribution in [2.75, 3.05) is 16.8 Å². The van der Waals surface area contributed by atoms with Gasteiger partial charge in [-0.1, -0.05) is 30.3 Å². The number of aryl methyl sites for hydroxylation is 1. The number of amides is 1. The van der Waals surface area contributed by atoms with Gasteiger partial charge in [-0.25, -0.2) is 4.39 Å². The highest BCUT2D eigenvalue weighted by Crippen LogP contribution is 2.28. The fourth-order valence-corrected chi connectivity index (χ4v) is 3.49. The lowest BCUT2D eigenvalue weighted by Gasteiger charge is -2.31. The topological polar surface area (TPSA) is 32.3 Å². The molecule has 136 valence electrons. The van der Waals surface area contributed by atoms with Crippen molar-refractivity contribution in [2.24, 2.45) is 0 Å². The zero-order valence-electron chi connectivity index (χ0n) is 15.0. The number of carbonyl (C=O) groups is 1. The molecule has 0 saturated carbocycles. The first-order valence-electron chi connectivity index (χ1n) is 9.18. The highest BCUT2D eigenvalue weighted by molar-refractivity contribution is 6.04. The normalized spacial score (nSPS) is 13.1. The Kier molecular flexibility index (Phi) is 4.88. The first-order chi connectivity index (χ1) is 13.2. The summed E-state index contributed by atoms with van der Waals surface area (Å²) in [5.74, 6) is -0.520. The van der Waals surface area contributed by atoms with Crippen LogP contribution in [0.4, 0.5) is 15.8 Å². The molecule has 0 spiro atoms. The van der Waals surface area contributed by atoms with Gasteiger partial charge in [0.1, 0.15) is 5.82 Å². The molecule has 0 unspecified atom stereocenters. The fraction of sp³-hybridized carbons (Fsp3) is 0.174. The summed E-state index contributed by atoms with van der Waals surface area (Å²) in [5.41, 5.74) is 5.04. The second-order valence-electron chi connectivity index (χ2n) is 6.81. The van der Waals surface area contributed by atoms with Crippen LogP contribution in [0.25, 0.3) is 0 Å². The Morgan fingerprint density at radius 1 is 0.963 bits per heavy atom. The van der Waals surface area contributed by atoms with Crippen molar-refractivity contribution in [3.63, 3.8) is 0 Å². The number of anilines is 2. The minimum atomic E-state index is -0.323. The Morgan fingerprint density at radius 3 is 2.48 bits per heavy atom. The van der Waals surface area contributed by atoms with Gasteiger partial charge in [0, 0.05) is 30.0 Å². The molecule has 27 heavy (non-hydrogen) atoms. The van der Waals surface area contributed by atoms with Gasteiger partial charge >= 0.3 is 0 Å². The molecule has 0 saturated heterocycles. The van der Waals surface area contributed by atoms with Crippen molar-refractivity contribution in [2.45, 2.75) is 19.4 Å². The Balaban J connectivity index is 1.43. The molecule has 1 aliphatic rings. The summed E-state index contributed by atoms with van der Waals surface area (Å²) in [6, 6.07) is 22.0. The van der Waals surface area contributed by atoms with Crippen LogP contribution in [0, 0.1) is 5.82 Å². The van der Waals surface area contributed by atoms with E-state index in [-0.39, 0.29) is 11.7 Å². The molecule has 3 aromatic rings. The van der Waals surface area contributed by atoms with Crippen LogP contribution < -0.4 is 10.2 Å². The van der Waals surface area contributed by atoms with Crippen molar-refractivity contribution < 1.29 is 9.18 Å². The maximum atomic E-state index is 13.0. The molecule has 0 aliphatic carbocycles. The molecular weight excluding hydrogens is 339 g/mol. The number of hydrogen-bond donors (Lipinski definition) is 1. The number of benzene rings is 3. The molecule has 1 N–H and O–H groups in total. The van der Waals surface area contributed by atoms with Crippen molar-refractivity contribution in [3.05, 3.63) is 95.3 Å². The lowest BCUT2D eigenvalue weighted by Crippen LogP contribution is -2.28. The third kappa shape index (κ3) is 4.00. The number of halogens is 1. The van der Waals surface area contributed by atoms with Gasteiger partial charge in [-0.15, -0.1) is 0 Å². The van der Waals surface area contributed by atoms with E-state index in [1.165, 1.54) is 28.9 Å². The average Bonchev–Trinajstić information content (AvgIpc) is 2.70. The van der Waals surface area contributed by atoms with Crippen LogP contribution in [0.3, 0.4) is 0 Å². The van der Waals surface area contributed by atoms with Crippen LogP contribution in [-0.2, 0) is 13.0 Å². The molecule has 3 aromatic carbocycles. The van der Waals surface area contributed by atoms with Crippen molar-refractivity contribution in [1.82, 2.24) is 0 Å². The van der Waals surface area contributed by atoms with Crippen molar-refractivity contribution in [1.29, 1.82) is 0 Å². The first-order valence-corrected chi connectivity index (χ1v) is 9.18. The van der Waals surface area contributed by atoms with Crippen molar-refractivity contribution in [3.8, 4) is 0 Å². The fourth-order valence-electron chi connectivity index (χ4n) is 3.49. The van der Waals surface area contributed by atoms with Gasteiger partial charge < -0.3 is 10.2 Å². The van der Waals surface area contributed by atoms with E-state index in [9.17, 15) is 9.18 Å². The maximum Gasteiger partial charge on any atom is 0.255 e. The predicted octanol–water partition coefficient (Wildman–Crippen LogP) is 5.03. The van der Waals surface area contributed by atoms with Crippen LogP contribution in [0.2, 0.25) is 0 Å². The molecule has 4 heteroatoms. The van der Waals surface area contributed by atoms with Gasteiger partial charge in [-0.05, 0) is 66.4 Å². The highest BCUT2D eigenvalue weighted by atomic mass is 19.1. The monoisotopic (exact) mass is 360 g/mol. The number of fused-ring (bicyclic) bond motifs is 1. The zero-order valence-corrected chi connectivity index (χ0v) is 15.0. The molecular formula is C23H21FN2O. The van der Waals surface area contributed by atoms with Gasteiger partial charge in [0.05, 0.1) is 0 Å². The summed E-state index contributed by atoms with van der Waals surface area (Å²) in [4.78, 5) is 14.7. The van der Waals surface area contributed by atoms with E-state index in [0.29, 0.717) is 11.3 Å². The smallest absolute Gasteiger partial charge is 0.255 e. The van der Waals surface area contributed by atoms with E-state index in [4.69, 9.17) is 0 Å². The maximum absolute atomic E-state index is 13.0. The molecule has 0 atom stereocenters. The molecule has 0 fully saturated rings. The number of nitrogens with zero attached hydrogens (tertiary/aromatic N) is 1. The van der Waals surface area contributed by atoms with Crippen LogP contribution >= 0.6 is 0 Å². The standard InChI is InChI=1S/C23H21FN2O/c24-20-11-13-21(14-12-20)25-23(27)19-9-7-17(8-10-19)16-26-15-3-5-18-4-1-2-6-22(18)26/h1-2,4,6-14H,3,5,15-16H2,(H,25,27). The molecule has 1 amide bonds. The van der Waals surface area contributed by atoms with E-state index in [1.54, 1.807) is 12.1 Å². The molecule has 3 nitrogen and oxygen atoms in total. The number of para-hydroxylation sites is 1. The van der Waals surface area contributed by atoms with Gasteiger partial charge in [-0.2, -0.15) is 0 Å². The largest absolute Gasteiger partial charge is 0.367 e. The summed E-state index contributed by atoms with van der Waals surface area (Å²) < 4.78 is 13.0. The van der Waals surface area contributed by atoms with E-state index < -0.39 is 0 Å². The summed E-state index contributed by atoms with van der Waals surface area (Å²) in [6.45, 7) is 1.88. The number of hydrogen-bond acceptors (Lipinski definition) is 2. The number of rotatable bonds is 4. The zero-order chi connectivity index (χ0) is 18.6. The van der Waals surface area contributed by atoms with Gasteiger partial charge in [-0.3, -0.25) is 4.79 Å². The van der Waals surface area contributed by atoms with Crippen LogP contribution in [-0.4, -0.2) is 12.5 Å². The quantitative estimate of drug-likeness (QED) is 0.708. The number of nitrogens with one attached hydrogen (secondary N) is 1. The molecule has 1 heterocycles. The first kappa shape index (κ1) is 17.3. The van der Waals surface area contributed by atoms with E-state index in [0.717, 1.165) is 25.9 Å². The van der Waals surface area contributed by atoms with Crippen LogP contribution in [0.1, 0.15) is 27.9 Å². The lowest BCUT2D eigenvalue weighted by molar-refractivity contribution is 0.102. The van der Waals surface area contributed by atoms with E-state index >= 15 is 0 Å². The minimum absolute atomic E-state index is 0.198. The average molecular weight is 360 g/mol. The Labute approximate surface area is 158 Å². The SMILES string of the molecule is O=C(Nc1ccc(F)cc1)c1ccc(CN2CCCc3ccccc32)cc1. The second-order valence-corrected chi connectivity index (χ2v) is 6.81. The van der Waals surface area contributed by atoms with Gasteiger partial charge in [0.25, 0.3) is 5.91 Å². The second kappa shape index (κ2) is 7.62. The van der Waals surface area contributed by atoms with Crippen LogP contribution in [0.5, 0.6) is 0 Å². The highest BCUT2D eigenvalue weighted by Gasteiger charge is 2.16. The molecule has 0 bridgehead atoms. The van der Waals surface area contributed by atoms with Crippen molar-refractivity contribution >= 4 is 17.3 Å². The van der Waals surface area contributed by atoms with Crippen LogP contribution in [0.15, 0.2) is 72.8 Å². The Hall–Kier alpha value is -3.14. The molecule has 0 radical (unpaired) electrons. The molecule has 4 rings (SSSR count). The Morgan fingerprint density at radius 2 is 1.70 bits per heavy atom. The summed E-state index contributed by atoms with van der Waals surface area (Å²) in [6.07, 6.45) is 2.30. The van der Waals surface area contributed by atoms with Gasteiger partial charge in [0.2, 0.25) is 0 Å². The third-order valence-electron chi connectivity index (χ3n) is 4.90. The lowest BCUT2D eigenvalue weighted by atomic mass is 10.0. The summed E-state index contributed by atoms with van der Waals surface area (Å²) in [5, 5.41) is 2.78. The molecule has 0 aromatic heterocycles.